The summed E-state index contributed by atoms with van der Waals surface area (Å²) in [4.78, 5) is 17.7. The van der Waals surface area contributed by atoms with Crippen molar-refractivity contribution in [1.82, 2.24) is 15.1 Å². The van der Waals surface area contributed by atoms with Gasteiger partial charge in [-0.3, -0.25) is 14.6 Å². The zero-order chi connectivity index (χ0) is 22.3. The van der Waals surface area contributed by atoms with Crippen LogP contribution in [0.25, 0.3) is 0 Å². The standard InChI is InChI=1S/C28H39N3O/c1-22-5-3-7-26(17-22)21-30-15-12-27(13-16-30)28(32)29-18-24-8-10-25(11-9-24)20-31-14-4-6-23(2)19-31/h3,5,7-11,17,23,27H,4,6,12-16,18-21H2,1-2H3,(H,29,32). The van der Waals surface area contributed by atoms with Gasteiger partial charge in [-0.1, -0.05) is 61.0 Å². The van der Waals surface area contributed by atoms with E-state index in [1.54, 1.807) is 0 Å². The van der Waals surface area contributed by atoms with Crippen molar-refractivity contribution in [2.75, 3.05) is 26.2 Å². The molecule has 2 heterocycles. The Morgan fingerprint density at radius 2 is 1.62 bits per heavy atom. The molecule has 2 aromatic carbocycles. The average Bonchev–Trinajstić information content (AvgIpc) is 2.79. The summed E-state index contributed by atoms with van der Waals surface area (Å²) in [5.41, 5.74) is 5.23. The summed E-state index contributed by atoms with van der Waals surface area (Å²) in [6, 6.07) is 17.5. The van der Waals surface area contributed by atoms with E-state index in [-0.39, 0.29) is 11.8 Å². The van der Waals surface area contributed by atoms with Gasteiger partial charge in [0.1, 0.15) is 0 Å². The lowest BCUT2D eigenvalue weighted by molar-refractivity contribution is -0.126. The lowest BCUT2D eigenvalue weighted by atomic mass is 9.95. The van der Waals surface area contributed by atoms with E-state index < -0.39 is 0 Å². The molecule has 2 aromatic rings. The normalized spacial score (nSPS) is 20.9. The largest absolute Gasteiger partial charge is 0.352 e. The summed E-state index contributed by atoms with van der Waals surface area (Å²) in [6.45, 7) is 11.6. The number of benzene rings is 2. The molecule has 172 valence electrons. The first-order chi connectivity index (χ1) is 15.5. The minimum absolute atomic E-state index is 0.143. The molecule has 1 atom stereocenters. The second-order valence-corrected chi connectivity index (χ2v) is 10.1. The predicted octanol–water partition coefficient (Wildman–Crippen LogP) is 4.76. The molecule has 1 unspecified atom stereocenters. The number of rotatable bonds is 7. The van der Waals surface area contributed by atoms with E-state index in [0.29, 0.717) is 6.54 Å². The molecule has 2 aliphatic heterocycles. The van der Waals surface area contributed by atoms with Crippen LogP contribution in [0.15, 0.2) is 48.5 Å². The molecule has 2 aliphatic rings. The third kappa shape index (κ3) is 6.66. The van der Waals surface area contributed by atoms with E-state index >= 15 is 0 Å². The monoisotopic (exact) mass is 433 g/mol. The molecule has 0 spiro atoms. The molecule has 0 bridgehead atoms. The number of carbonyl (C=O) groups is 1. The van der Waals surface area contributed by atoms with Gasteiger partial charge in [0.25, 0.3) is 0 Å². The first-order valence-corrected chi connectivity index (χ1v) is 12.4. The van der Waals surface area contributed by atoms with Crippen LogP contribution in [0.3, 0.4) is 0 Å². The van der Waals surface area contributed by atoms with E-state index in [1.165, 1.54) is 48.2 Å². The maximum absolute atomic E-state index is 12.7. The Balaban J connectivity index is 1.18. The van der Waals surface area contributed by atoms with Crippen LogP contribution in [-0.2, 0) is 24.4 Å². The molecule has 0 aromatic heterocycles. The molecule has 0 saturated carbocycles. The lowest BCUT2D eigenvalue weighted by Gasteiger charge is -2.31. The highest BCUT2D eigenvalue weighted by molar-refractivity contribution is 5.78. The van der Waals surface area contributed by atoms with Crippen molar-refractivity contribution in [1.29, 1.82) is 0 Å². The molecule has 0 radical (unpaired) electrons. The van der Waals surface area contributed by atoms with Crippen molar-refractivity contribution in [2.24, 2.45) is 11.8 Å². The predicted molar refractivity (Wildman–Crippen MR) is 131 cm³/mol. The SMILES string of the molecule is Cc1cccc(CN2CCC(C(=O)NCc3ccc(CN4CCCC(C)C4)cc3)CC2)c1. The van der Waals surface area contributed by atoms with Crippen molar-refractivity contribution in [2.45, 2.75) is 59.2 Å². The number of amides is 1. The molecule has 1 amide bonds. The minimum atomic E-state index is 0.143. The number of aryl methyl sites for hydroxylation is 1. The second-order valence-electron chi connectivity index (χ2n) is 10.1. The first-order valence-electron chi connectivity index (χ1n) is 12.4. The molecule has 2 fully saturated rings. The summed E-state index contributed by atoms with van der Waals surface area (Å²) in [6.07, 6.45) is 4.58. The summed E-state index contributed by atoms with van der Waals surface area (Å²) >= 11 is 0. The molecular weight excluding hydrogens is 394 g/mol. The van der Waals surface area contributed by atoms with Crippen LogP contribution < -0.4 is 5.32 Å². The fraction of sp³-hybridized carbons (Fsp3) is 0.536. The van der Waals surface area contributed by atoms with Crippen LogP contribution in [0.1, 0.15) is 54.9 Å². The van der Waals surface area contributed by atoms with E-state index in [4.69, 9.17) is 0 Å². The smallest absolute Gasteiger partial charge is 0.223 e. The van der Waals surface area contributed by atoms with Gasteiger partial charge in [-0.05, 0) is 74.8 Å². The molecular formula is C28H39N3O. The molecule has 1 N–H and O–H groups in total. The number of piperidine rings is 2. The Morgan fingerprint density at radius 1 is 0.906 bits per heavy atom. The maximum Gasteiger partial charge on any atom is 0.223 e. The molecule has 2 saturated heterocycles. The maximum atomic E-state index is 12.7. The van der Waals surface area contributed by atoms with Crippen LogP contribution in [0, 0.1) is 18.8 Å². The van der Waals surface area contributed by atoms with Crippen molar-refractivity contribution in [3.63, 3.8) is 0 Å². The first kappa shape index (κ1) is 23.0. The topological polar surface area (TPSA) is 35.6 Å². The van der Waals surface area contributed by atoms with Gasteiger partial charge in [0.2, 0.25) is 5.91 Å². The van der Waals surface area contributed by atoms with Crippen LogP contribution in [0.2, 0.25) is 0 Å². The summed E-state index contributed by atoms with van der Waals surface area (Å²) in [5, 5.41) is 3.18. The zero-order valence-corrected chi connectivity index (χ0v) is 19.9. The Bertz CT molecular complexity index is 871. The fourth-order valence-corrected chi connectivity index (χ4v) is 5.21. The quantitative estimate of drug-likeness (QED) is 0.684. The molecule has 4 heteroatoms. The summed E-state index contributed by atoms with van der Waals surface area (Å²) < 4.78 is 0. The van der Waals surface area contributed by atoms with E-state index in [2.05, 4.69) is 77.5 Å². The molecule has 4 nitrogen and oxygen atoms in total. The van der Waals surface area contributed by atoms with Crippen molar-refractivity contribution >= 4 is 5.91 Å². The summed E-state index contributed by atoms with van der Waals surface area (Å²) in [7, 11) is 0. The second kappa shape index (κ2) is 11.1. The van der Waals surface area contributed by atoms with Gasteiger partial charge < -0.3 is 5.32 Å². The fourth-order valence-electron chi connectivity index (χ4n) is 5.21. The number of nitrogens with one attached hydrogen (secondary N) is 1. The molecule has 4 rings (SSSR count). The number of nitrogens with zero attached hydrogens (tertiary/aromatic N) is 2. The third-order valence-corrected chi connectivity index (χ3v) is 7.08. The van der Waals surface area contributed by atoms with Crippen molar-refractivity contribution in [3.8, 4) is 0 Å². The highest BCUT2D eigenvalue weighted by Gasteiger charge is 2.24. The number of likely N-dealkylation sites (tertiary alicyclic amines) is 2. The van der Waals surface area contributed by atoms with Crippen LogP contribution in [0.5, 0.6) is 0 Å². The molecule has 0 aliphatic carbocycles. The number of hydrogen-bond acceptors (Lipinski definition) is 3. The summed E-state index contributed by atoms with van der Waals surface area (Å²) in [5.74, 6) is 1.17. The Labute approximate surface area is 194 Å². The van der Waals surface area contributed by atoms with Crippen LogP contribution in [0.4, 0.5) is 0 Å². The van der Waals surface area contributed by atoms with Gasteiger partial charge in [-0.15, -0.1) is 0 Å². The Kier molecular flexibility index (Phi) is 7.99. The van der Waals surface area contributed by atoms with Gasteiger partial charge >= 0.3 is 0 Å². The highest BCUT2D eigenvalue weighted by atomic mass is 16.1. The Morgan fingerprint density at radius 3 is 2.34 bits per heavy atom. The molecule has 32 heavy (non-hydrogen) atoms. The van der Waals surface area contributed by atoms with Crippen LogP contribution >= 0.6 is 0 Å². The van der Waals surface area contributed by atoms with Crippen LogP contribution in [-0.4, -0.2) is 41.9 Å². The Hall–Kier alpha value is -2.17. The van der Waals surface area contributed by atoms with Crippen molar-refractivity contribution < 1.29 is 4.79 Å². The number of carbonyl (C=O) groups excluding carboxylic acids is 1. The van der Waals surface area contributed by atoms with Crippen molar-refractivity contribution in [3.05, 3.63) is 70.8 Å². The van der Waals surface area contributed by atoms with Gasteiger partial charge in [0.05, 0.1) is 0 Å². The van der Waals surface area contributed by atoms with Gasteiger partial charge in [-0.25, -0.2) is 0 Å². The lowest BCUT2D eigenvalue weighted by Crippen LogP contribution is -2.40. The number of hydrogen-bond donors (Lipinski definition) is 1. The van der Waals surface area contributed by atoms with E-state index in [0.717, 1.165) is 44.9 Å². The van der Waals surface area contributed by atoms with E-state index in [1.807, 2.05) is 0 Å². The third-order valence-electron chi connectivity index (χ3n) is 7.08. The van der Waals surface area contributed by atoms with Gasteiger partial charge in [0, 0.05) is 32.1 Å². The highest BCUT2D eigenvalue weighted by Crippen LogP contribution is 2.20. The zero-order valence-electron chi connectivity index (χ0n) is 19.9. The van der Waals surface area contributed by atoms with Gasteiger partial charge in [-0.2, -0.15) is 0 Å². The van der Waals surface area contributed by atoms with E-state index in [9.17, 15) is 4.79 Å². The minimum Gasteiger partial charge on any atom is -0.352 e. The average molecular weight is 434 g/mol. The van der Waals surface area contributed by atoms with Gasteiger partial charge in [0.15, 0.2) is 0 Å².